The molecule has 0 aromatic carbocycles. The van der Waals surface area contributed by atoms with Crippen LogP contribution >= 0.6 is 15.9 Å². The fourth-order valence-corrected chi connectivity index (χ4v) is 1.29. The summed E-state index contributed by atoms with van der Waals surface area (Å²) in [6.45, 7) is 0. The van der Waals surface area contributed by atoms with E-state index in [9.17, 15) is 26.3 Å². The van der Waals surface area contributed by atoms with Crippen molar-refractivity contribution in [2.24, 2.45) is 0 Å². The third kappa shape index (κ3) is 2.61. The molecule has 0 saturated heterocycles. The summed E-state index contributed by atoms with van der Waals surface area (Å²) in [7, 11) is 0. The molecule has 8 heteroatoms. The van der Waals surface area contributed by atoms with Gasteiger partial charge in [-0.25, -0.2) is 18.2 Å². The summed E-state index contributed by atoms with van der Waals surface area (Å²) in [5.41, 5.74) is -3.28. The highest BCUT2D eigenvalue weighted by atomic mass is 79.9. The maximum atomic E-state index is 12.9. The zero-order valence-electron chi connectivity index (χ0n) is 6.75. The van der Waals surface area contributed by atoms with E-state index in [1.165, 1.54) is 0 Å². The predicted octanol–water partition coefficient (Wildman–Crippen LogP) is 3.94. The molecule has 0 bridgehead atoms. The Morgan fingerprint density at radius 3 is 2.20 bits per heavy atom. The highest BCUT2D eigenvalue weighted by molar-refractivity contribution is 9.10. The SMILES string of the molecule is Fc1c(C(F)F)cc(Br)nc1C(F)(F)F. The van der Waals surface area contributed by atoms with Crippen LogP contribution in [-0.4, -0.2) is 4.98 Å². The van der Waals surface area contributed by atoms with Crippen molar-refractivity contribution in [3.63, 3.8) is 0 Å². The van der Waals surface area contributed by atoms with E-state index in [0.717, 1.165) is 0 Å². The van der Waals surface area contributed by atoms with Crippen molar-refractivity contribution in [2.75, 3.05) is 0 Å². The number of hydrogen-bond acceptors (Lipinski definition) is 1. The molecule has 0 unspecified atom stereocenters. The van der Waals surface area contributed by atoms with Crippen molar-refractivity contribution in [2.45, 2.75) is 12.6 Å². The molecule has 0 aliphatic heterocycles. The second kappa shape index (κ2) is 3.99. The first-order valence-corrected chi connectivity index (χ1v) is 4.24. The van der Waals surface area contributed by atoms with Gasteiger partial charge in [-0.2, -0.15) is 13.2 Å². The van der Waals surface area contributed by atoms with Gasteiger partial charge in [0.2, 0.25) is 0 Å². The minimum atomic E-state index is -5.10. The van der Waals surface area contributed by atoms with Gasteiger partial charge in [0.05, 0.1) is 5.56 Å². The number of halogens is 7. The molecule has 0 N–H and O–H groups in total. The zero-order chi connectivity index (χ0) is 11.8. The minimum Gasteiger partial charge on any atom is -0.233 e. The number of alkyl halides is 5. The van der Waals surface area contributed by atoms with Gasteiger partial charge in [-0.1, -0.05) is 0 Å². The summed E-state index contributed by atoms with van der Waals surface area (Å²) >= 11 is 2.50. The minimum absolute atomic E-state index is 0.494. The van der Waals surface area contributed by atoms with Crippen LogP contribution in [0.4, 0.5) is 26.3 Å². The maximum Gasteiger partial charge on any atom is 0.436 e. The van der Waals surface area contributed by atoms with Gasteiger partial charge >= 0.3 is 6.18 Å². The second-order valence-electron chi connectivity index (χ2n) is 2.50. The second-order valence-corrected chi connectivity index (χ2v) is 3.31. The lowest BCUT2D eigenvalue weighted by Crippen LogP contribution is -2.13. The smallest absolute Gasteiger partial charge is 0.233 e. The van der Waals surface area contributed by atoms with E-state index >= 15 is 0 Å². The molecular weight excluding hydrogens is 292 g/mol. The van der Waals surface area contributed by atoms with E-state index < -0.39 is 34.3 Å². The maximum absolute atomic E-state index is 12.9. The third-order valence-electron chi connectivity index (χ3n) is 1.46. The summed E-state index contributed by atoms with van der Waals surface area (Å²) < 4.78 is 73.0. The van der Waals surface area contributed by atoms with E-state index in [2.05, 4.69) is 20.9 Å². The summed E-state index contributed by atoms with van der Waals surface area (Å²) in [5, 5.41) is 0. The molecule has 0 spiro atoms. The lowest BCUT2D eigenvalue weighted by atomic mass is 10.2. The van der Waals surface area contributed by atoms with Crippen LogP contribution in [-0.2, 0) is 6.18 Å². The van der Waals surface area contributed by atoms with E-state index in [-0.39, 0.29) is 0 Å². The van der Waals surface area contributed by atoms with Crippen molar-refractivity contribution >= 4 is 15.9 Å². The molecule has 1 rings (SSSR count). The van der Waals surface area contributed by atoms with Crippen LogP contribution in [0.3, 0.4) is 0 Å². The largest absolute Gasteiger partial charge is 0.436 e. The molecule has 0 fully saturated rings. The highest BCUT2D eigenvalue weighted by Crippen LogP contribution is 2.35. The number of nitrogens with zero attached hydrogens (tertiary/aromatic N) is 1. The lowest BCUT2D eigenvalue weighted by molar-refractivity contribution is -0.144. The molecule has 84 valence electrons. The Balaban J connectivity index is 3.42. The molecule has 0 saturated carbocycles. The van der Waals surface area contributed by atoms with Gasteiger partial charge in [0.25, 0.3) is 6.43 Å². The van der Waals surface area contributed by atoms with Crippen LogP contribution in [0.25, 0.3) is 0 Å². The van der Waals surface area contributed by atoms with E-state index in [0.29, 0.717) is 6.07 Å². The van der Waals surface area contributed by atoms with Crippen LogP contribution in [0.2, 0.25) is 0 Å². The molecule has 0 amide bonds. The topological polar surface area (TPSA) is 12.9 Å². The van der Waals surface area contributed by atoms with Gasteiger partial charge in [-0.05, 0) is 22.0 Å². The van der Waals surface area contributed by atoms with Crippen LogP contribution in [0.5, 0.6) is 0 Å². The van der Waals surface area contributed by atoms with Gasteiger partial charge in [-0.3, -0.25) is 0 Å². The quantitative estimate of drug-likeness (QED) is 0.564. The van der Waals surface area contributed by atoms with Gasteiger partial charge in [0, 0.05) is 0 Å². The summed E-state index contributed by atoms with van der Waals surface area (Å²) in [4.78, 5) is 2.77. The van der Waals surface area contributed by atoms with Gasteiger partial charge in [0.15, 0.2) is 11.5 Å². The monoisotopic (exact) mass is 293 g/mol. The average molecular weight is 294 g/mol. The van der Waals surface area contributed by atoms with Crippen molar-refractivity contribution in [1.29, 1.82) is 0 Å². The van der Waals surface area contributed by atoms with Crippen molar-refractivity contribution in [3.05, 3.63) is 27.7 Å². The Hall–Kier alpha value is -0.790. The van der Waals surface area contributed by atoms with Crippen LogP contribution in [0.1, 0.15) is 17.7 Å². The molecule has 1 aromatic rings. The molecule has 1 nitrogen and oxygen atoms in total. The molecule has 0 aliphatic rings. The fraction of sp³-hybridized carbons (Fsp3) is 0.286. The Labute approximate surface area is 88.2 Å². The molecule has 1 aromatic heterocycles. The molecular formula is C7H2BrF6N. The Kier molecular flexibility index (Phi) is 3.27. The van der Waals surface area contributed by atoms with Crippen molar-refractivity contribution in [1.82, 2.24) is 4.98 Å². The first kappa shape index (κ1) is 12.3. The van der Waals surface area contributed by atoms with Crippen LogP contribution < -0.4 is 0 Å². The first-order valence-electron chi connectivity index (χ1n) is 3.44. The predicted molar refractivity (Wildman–Crippen MR) is 41.9 cm³/mol. The first-order chi connectivity index (χ1) is 6.73. The average Bonchev–Trinajstić information content (AvgIpc) is 2.06. The van der Waals surface area contributed by atoms with E-state index in [4.69, 9.17) is 0 Å². The van der Waals surface area contributed by atoms with Gasteiger partial charge in [-0.15, -0.1) is 0 Å². The van der Waals surface area contributed by atoms with E-state index in [1.807, 2.05) is 0 Å². The fourth-order valence-electron chi connectivity index (χ4n) is 0.863. The molecule has 0 aliphatic carbocycles. The molecule has 1 heterocycles. The van der Waals surface area contributed by atoms with Crippen molar-refractivity contribution < 1.29 is 26.3 Å². The van der Waals surface area contributed by atoms with Crippen LogP contribution in [0, 0.1) is 5.82 Å². The number of aromatic nitrogens is 1. The van der Waals surface area contributed by atoms with Crippen molar-refractivity contribution in [3.8, 4) is 0 Å². The highest BCUT2D eigenvalue weighted by Gasteiger charge is 2.38. The third-order valence-corrected chi connectivity index (χ3v) is 1.86. The molecule has 0 atom stereocenters. The number of hydrogen-bond donors (Lipinski definition) is 0. The normalized spacial score (nSPS) is 12.3. The Bertz CT molecular complexity index is 374. The Morgan fingerprint density at radius 2 is 1.80 bits per heavy atom. The summed E-state index contributed by atoms with van der Waals surface area (Å²) in [6.07, 6.45) is -8.43. The van der Waals surface area contributed by atoms with E-state index in [1.54, 1.807) is 0 Å². The zero-order valence-corrected chi connectivity index (χ0v) is 8.33. The number of pyridine rings is 1. The molecule has 0 radical (unpaired) electrons. The standard InChI is InChI=1S/C7H2BrF6N/c8-3-1-2(6(10)11)4(9)5(15-3)7(12,13)14/h1,6H. The summed E-state index contributed by atoms with van der Waals surface area (Å²) in [6, 6.07) is 0.509. The van der Waals surface area contributed by atoms with Crippen LogP contribution in [0.15, 0.2) is 10.7 Å². The number of rotatable bonds is 1. The molecule has 15 heavy (non-hydrogen) atoms. The van der Waals surface area contributed by atoms with Gasteiger partial charge in [0.1, 0.15) is 4.60 Å². The Morgan fingerprint density at radius 1 is 1.27 bits per heavy atom. The lowest BCUT2D eigenvalue weighted by Gasteiger charge is -2.10. The van der Waals surface area contributed by atoms with Gasteiger partial charge < -0.3 is 0 Å². The summed E-state index contributed by atoms with van der Waals surface area (Å²) in [5.74, 6) is -2.04.